The molecule has 0 radical (unpaired) electrons. The molecule has 0 atom stereocenters. The standard InChI is InChI=1S/C48H32N4S/c1-2-14-31-32-15-4-9-21-40(32)50(39(31)20-3-1)30-26-27-44-37(28-30)35-18-7-12-24-43(35)52(44)48-47-38(36-19-8-13-25-45(36)53-47)29-46(49-48)51-41-22-10-5-16-33(41)34-17-6-11-23-42(34)51/h3-13,15-29H,1-2,14H2. The van der Waals surface area contributed by atoms with Gasteiger partial charge in [-0.15, -0.1) is 11.3 Å². The van der Waals surface area contributed by atoms with Crippen molar-refractivity contribution in [2.75, 3.05) is 0 Å². The Bertz CT molecular complexity index is 3280. The molecule has 6 aromatic carbocycles. The summed E-state index contributed by atoms with van der Waals surface area (Å²) in [7, 11) is 0. The van der Waals surface area contributed by atoms with Crippen LogP contribution in [0.2, 0.25) is 0 Å². The van der Waals surface area contributed by atoms with Gasteiger partial charge in [-0.25, -0.2) is 4.98 Å². The van der Waals surface area contributed by atoms with E-state index in [-0.39, 0.29) is 0 Å². The Hall–Kier alpha value is -6.43. The van der Waals surface area contributed by atoms with Gasteiger partial charge in [0.15, 0.2) is 5.82 Å². The average molecular weight is 697 g/mol. The van der Waals surface area contributed by atoms with Crippen molar-refractivity contribution in [2.45, 2.75) is 19.3 Å². The molecule has 5 heteroatoms. The lowest BCUT2D eigenvalue weighted by Crippen LogP contribution is -2.04. The van der Waals surface area contributed by atoms with Crippen molar-refractivity contribution in [3.8, 4) is 17.3 Å². The van der Waals surface area contributed by atoms with Gasteiger partial charge in [-0.3, -0.25) is 9.13 Å². The second-order valence-electron chi connectivity index (χ2n) is 14.2. The lowest BCUT2D eigenvalue weighted by atomic mass is 10.1. The molecule has 53 heavy (non-hydrogen) atoms. The highest BCUT2D eigenvalue weighted by atomic mass is 32.1. The Morgan fingerprint density at radius 2 is 1.08 bits per heavy atom. The second kappa shape index (κ2) is 11.0. The molecule has 1 aliphatic rings. The number of hydrogen-bond acceptors (Lipinski definition) is 2. The summed E-state index contributed by atoms with van der Waals surface area (Å²) in [6.07, 6.45) is 8.07. The van der Waals surface area contributed by atoms with E-state index in [9.17, 15) is 0 Å². The maximum absolute atomic E-state index is 5.68. The van der Waals surface area contributed by atoms with E-state index in [0.717, 1.165) is 46.5 Å². The predicted molar refractivity (Wildman–Crippen MR) is 225 cm³/mol. The van der Waals surface area contributed by atoms with Crippen LogP contribution in [0, 0.1) is 0 Å². The fraction of sp³-hybridized carbons (Fsp3) is 0.0625. The Morgan fingerprint density at radius 1 is 0.491 bits per heavy atom. The van der Waals surface area contributed by atoms with Crippen molar-refractivity contribution >= 4 is 92.1 Å². The summed E-state index contributed by atoms with van der Waals surface area (Å²) in [6.45, 7) is 0. The molecular weight excluding hydrogens is 665 g/mol. The van der Waals surface area contributed by atoms with Crippen molar-refractivity contribution in [1.82, 2.24) is 18.7 Å². The third kappa shape index (κ3) is 4.08. The van der Waals surface area contributed by atoms with Crippen LogP contribution in [-0.4, -0.2) is 18.7 Å². The molecule has 5 aromatic heterocycles. The second-order valence-corrected chi connectivity index (χ2v) is 15.3. The lowest BCUT2D eigenvalue weighted by molar-refractivity contribution is 0.855. The third-order valence-corrected chi connectivity index (χ3v) is 12.5. The number of pyridine rings is 1. The van der Waals surface area contributed by atoms with E-state index < -0.39 is 0 Å². The number of rotatable bonds is 3. The minimum absolute atomic E-state index is 0.921. The first-order chi connectivity index (χ1) is 26.3. The number of benzene rings is 6. The predicted octanol–water partition coefficient (Wildman–Crippen LogP) is 12.9. The van der Waals surface area contributed by atoms with Crippen LogP contribution in [0.5, 0.6) is 0 Å². The molecule has 0 saturated heterocycles. The summed E-state index contributed by atoms with van der Waals surface area (Å²) in [5.41, 5.74) is 9.83. The molecule has 12 rings (SSSR count). The summed E-state index contributed by atoms with van der Waals surface area (Å²) in [5.74, 6) is 1.88. The first-order valence-electron chi connectivity index (χ1n) is 18.5. The Balaban J connectivity index is 1.18. The van der Waals surface area contributed by atoms with Gasteiger partial charge in [0.2, 0.25) is 0 Å². The zero-order valence-electron chi connectivity index (χ0n) is 28.8. The van der Waals surface area contributed by atoms with Crippen LogP contribution in [0.1, 0.15) is 24.1 Å². The van der Waals surface area contributed by atoms with Crippen LogP contribution in [0.15, 0.2) is 152 Å². The van der Waals surface area contributed by atoms with Gasteiger partial charge in [0, 0.05) is 53.8 Å². The first kappa shape index (κ1) is 29.2. The van der Waals surface area contributed by atoms with Crippen molar-refractivity contribution < 1.29 is 0 Å². The third-order valence-electron chi connectivity index (χ3n) is 11.4. The number of allylic oxidation sites excluding steroid dienone is 1. The van der Waals surface area contributed by atoms with E-state index in [1.807, 2.05) is 11.3 Å². The van der Waals surface area contributed by atoms with Gasteiger partial charge in [-0.05, 0) is 85.5 Å². The summed E-state index contributed by atoms with van der Waals surface area (Å²) < 4.78 is 9.69. The zero-order chi connectivity index (χ0) is 34.6. The fourth-order valence-corrected chi connectivity index (χ4v) is 10.3. The van der Waals surface area contributed by atoms with E-state index in [2.05, 4.69) is 171 Å². The molecule has 0 saturated carbocycles. The number of thiophene rings is 1. The molecule has 0 aliphatic heterocycles. The van der Waals surface area contributed by atoms with Crippen LogP contribution in [0.25, 0.3) is 98.1 Å². The summed E-state index contributed by atoms with van der Waals surface area (Å²) in [6, 6.07) is 53.3. The minimum atomic E-state index is 0.921. The van der Waals surface area contributed by atoms with E-state index >= 15 is 0 Å². The van der Waals surface area contributed by atoms with Crippen molar-refractivity contribution in [3.05, 3.63) is 163 Å². The number of nitrogens with zero attached hydrogens (tertiary/aromatic N) is 4. The Kier molecular flexibility index (Phi) is 6.08. The molecule has 0 fully saturated rings. The lowest BCUT2D eigenvalue weighted by Gasteiger charge is -2.14. The Labute approximate surface area is 309 Å². The number of aromatic nitrogens is 4. The number of fused-ring (bicyclic) bond motifs is 12. The van der Waals surface area contributed by atoms with E-state index in [1.54, 1.807) is 0 Å². The molecule has 0 unspecified atom stereocenters. The zero-order valence-corrected chi connectivity index (χ0v) is 29.6. The number of para-hydroxylation sites is 4. The molecule has 4 nitrogen and oxygen atoms in total. The maximum atomic E-state index is 5.68. The van der Waals surface area contributed by atoms with E-state index in [0.29, 0.717) is 0 Å². The molecule has 0 N–H and O–H groups in total. The summed E-state index contributed by atoms with van der Waals surface area (Å²) in [4.78, 5) is 5.68. The molecule has 5 heterocycles. The smallest absolute Gasteiger partial charge is 0.158 e. The van der Waals surface area contributed by atoms with Gasteiger partial charge in [0.25, 0.3) is 0 Å². The molecule has 0 spiro atoms. The van der Waals surface area contributed by atoms with E-state index in [4.69, 9.17) is 4.98 Å². The summed E-state index contributed by atoms with van der Waals surface area (Å²) in [5, 5.41) is 8.75. The van der Waals surface area contributed by atoms with Crippen LogP contribution in [-0.2, 0) is 6.42 Å². The van der Waals surface area contributed by atoms with E-state index in [1.165, 1.54) is 76.0 Å². The maximum Gasteiger partial charge on any atom is 0.158 e. The fourth-order valence-electron chi connectivity index (χ4n) is 9.09. The van der Waals surface area contributed by atoms with Crippen molar-refractivity contribution in [2.24, 2.45) is 0 Å². The van der Waals surface area contributed by atoms with Gasteiger partial charge in [0.1, 0.15) is 5.82 Å². The largest absolute Gasteiger partial charge is 0.310 e. The molecule has 0 bridgehead atoms. The topological polar surface area (TPSA) is 27.7 Å². The van der Waals surface area contributed by atoms with Gasteiger partial charge in [-0.1, -0.05) is 97.1 Å². The number of hydrogen-bond donors (Lipinski definition) is 0. The van der Waals surface area contributed by atoms with Gasteiger partial charge in [0.05, 0.1) is 32.3 Å². The minimum Gasteiger partial charge on any atom is -0.310 e. The highest BCUT2D eigenvalue weighted by Crippen LogP contribution is 2.43. The quantitative estimate of drug-likeness (QED) is 0.181. The summed E-state index contributed by atoms with van der Waals surface area (Å²) >= 11 is 1.83. The van der Waals surface area contributed by atoms with Crippen LogP contribution < -0.4 is 0 Å². The van der Waals surface area contributed by atoms with Crippen LogP contribution in [0.4, 0.5) is 0 Å². The van der Waals surface area contributed by atoms with Gasteiger partial charge in [-0.2, -0.15) is 0 Å². The van der Waals surface area contributed by atoms with Gasteiger partial charge < -0.3 is 4.57 Å². The van der Waals surface area contributed by atoms with Crippen molar-refractivity contribution in [3.63, 3.8) is 0 Å². The molecular formula is C48H32N4S. The number of aryl methyl sites for hydroxylation is 1. The normalized spacial score (nSPS) is 13.4. The van der Waals surface area contributed by atoms with Gasteiger partial charge >= 0.3 is 0 Å². The van der Waals surface area contributed by atoms with Crippen LogP contribution >= 0.6 is 11.3 Å². The molecule has 11 aromatic rings. The van der Waals surface area contributed by atoms with Crippen molar-refractivity contribution in [1.29, 1.82) is 0 Å². The molecule has 1 aliphatic carbocycles. The highest BCUT2D eigenvalue weighted by Gasteiger charge is 2.23. The SMILES string of the molecule is C1=Cc2c(c3ccccc3n2-c2ccc3c(c2)c2ccccc2n3-c2nc(-n3c4ccccc4c4ccccc43)cc3c2sc2ccccc23)CCC1. The first-order valence-corrected chi connectivity index (χ1v) is 19.3. The Morgan fingerprint density at radius 3 is 1.81 bits per heavy atom. The van der Waals surface area contributed by atoms with Crippen LogP contribution in [0.3, 0.4) is 0 Å². The molecule has 0 amide bonds. The highest BCUT2D eigenvalue weighted by molar-refractivity contribution is 7.26. The molecule has 250 valence electrons. The monoisotopic (exact) mass is 696 g/mol. The average Bonchev–Trinajstić information content (AvgIpc) is 3.89.